The lowest BCUT2D eigenvalue weighted by atomic mass is 10.0. The Balaban J connectivity index is 1.42. The van der Waals surface area contributed by atoms with Crippen molar-refractivity contribution in [2.75, 3.05) is 18.4 Å². The first-order valence-electron chi connectivity index (χ1n) is 9.00. The Bertz CT molecular complexity index is 782. The van der Waals surface area contributed by atoms with Gasteiger partial charge >= 0.3 is 0 Å². The van der Waals surface area contributed by atoms with E-state index in [1.807, 2.05) is 12.3 Å². The Morgan fingerprint density at radius 3 is 2.60 bits per heavy atom. The smallest absolute Gasteiger partial charge is 0.0695 e. The molecule has 25 heavy (non-hydrogen) atoms. The van der Waals surface area contributed by atoms with Crippen LogP contribution < -0.4 is 5.32 Å². The zero-order chi connectivity index (χ0) is 16.9. The fourth-order valence-corrected chi connectivity index (χ4v) is 3.61. The molecule has 1 aromatic heterocycles. The van der Waals surface area contributed by atoms with Gasteiger partial charge in [0.25, 0.3) is 0 Å². The molecule has 1 atom stereocenters. The lowest BCUT2D eigenvalue weighted by molar-refractivity contribution is 0.209. The van der Waals surface area contributed by atoms with Crippen molar-refractivity contribution < 1.29 is 0 Å². The summed E-state index contributed by atoms with van der Waals surface area (Å²) in [6.45, 7) is 3.15. The Morgan fingerprint density at radius 2 is 1.80 bits per heavy atom. The number of para-hydroxylation sites is 1. The third-order valence-corrected chi connectivity index (χ3v) is 4.82. The van der Waals surface area contributed by atoms with Crippen LogP contribution in [0.4, 0.5) is 5.69 Å². The molecule has 0 saturated carbocycles. The summed E-state index contributed by atoms with van der Waals surface area (Å²) in [4.78, 5) is 2.53. The molecule has 128 valence electrons. The molecule has 1 aliphatic heterocycles. The number of hydrogen-bond donors (Lipinski definition) is 2. The minimum absolute atomic E-state index is 0.503. The number of rotatable bonds is 5. The van der Waals surface area contributed by atoms with Crippen molar-refractivity contribution in [2.45, 2.75) is 25.4 Å². The summed E-state index contributed by atoms with van der Waals surface area (Å²) >= 11 is 0. The van der Waals surface area contributed by atoms with Gasteiger partial charge in [-0.2, -0.15) is 5.10 Å². The molecule has 0 unspecified atom stereocenters. The summed E-state index contributed by atoms with van der Waals surface area (Å²) in [7, 11) is 0. The second-order valence-electron chi connectivity index (χ2n) is 6.72. The van der Waals surface area contributed by atoms with Crippen LogP contribution in [0, 0.1) is 0 Å². The van der Waals surface area contributed by atoms with Crippen LogP contribution >= 0.6 is 0 Å². The SMILES string of the molecule is c1ccc(N[C@H]2CCCN(Cc3cn[nH]c3-c3ccccc3)C2)cc1. The van der Waals surface area contributed by atoms with Crippen molar-refractivity contribution in [3.05, 3.63) is 72.4 Å². The van der Waals surface area contributed by atoms with Crippen LogP contribution in [0.15, 0.2) is 66.9 Å². The number of piperidine rings is 1. The van der Waals surface area contributed by atoms with Crippen molar-refractivity contribution in [2.24, 2.45) is 0 Å². The van der Waals surface area contributed by atoms with Crippen molar-refractivity contribution in [1.82, 2.24) is 15.1 Å². The number of anilines is 1. The van der Waals surface area contributed by atoms with Gasteiger partial charge in [-0.1, -0.05) is 48.5 Å². The van der Waals surface area contributed by atoms with Crippen LogP contribution in [0.25, 0.3) is 11.3 Å². The van der Waals surface area contributed by atoms with Gasteiger partial charge in [0.1, 0.15) is 0 Å². The number of benzene rings is 2. The number of nitrogens with one attached hydrogen (secondary N) is 2. The van der Waals surface area contributed by atoms with Crippen LogP contribution in [0.3, 0.4) is 0 Å². The molecule has 2 heterocycles. The Labute approximate surface area is 148 Å². The predicted octanol–water partition coefficient (Wildman–Crippen LogP) is 4.15. The van der Waals surface area contributed by atoms with Crippen LogP contribution in [-0.4, -0.2) is 34.2 Å². The molecule has 3 aromatic rings. The molecule has 0 amide bonds. The maximum atomic E-state index is 4.28. The topological polar surface area (TPSA) is 44.0 Å². The molecule has 4 rings (SSSR count). The maximum Gasteiger partial charge on any atom is 0.0695 e. The molecule has 0 aliphatic carbocycles. The third kappa shape index (κ3) is 3.91. The average molecular weight is 332 g/mol. The van der Waals surface area contributed by atoms with Gasteiger partial charge in [-0.15, -0.1) is 0 Å². The quantitative estimate of drug-likeness (QED) is 0.737. The summed E-state index contributed by atoms with van der Waals surface area (Å²) in [5.74, 6) is 0. The monoisotopic (exact) mass is 332 g/mol. The van der Waals surface area contributed by atoms with Gasteiger partial charge in [0.2, 0.25) is 0 Å². The summed E-state index contributed by atoms with van der Waals surface area (Å²) in [6, 6.07) is 21.5. The number of hydrogen-bond acceptors (Lipinski definition) is 3. The van der Waals surface area contributed by atoms with E-state index >= 15 is 0 Å². The first-order valence-corrected chi connectivity index (χ1v) is 9.00. The van der Waals surface area contributed by atoms with Gasteiger partial charge in [0.05, 0.1) is 11.9 Å². The van der Waals surface area contributed by atoms with Crippen LogP contribution in [0.2, 0.25) is 0 Å². The van der Waals surface area contributed by atoms with Gasteiger partial charge in [-0.25, -0.2) is 0 Å². The average Bonchev–Trinajstić information content (AvgIpc) is 3.12. The van der Waals surface area contributed by atoms with Crippen LogP contribution in [-0.2, 0) is 6.54 Å². The van der Waals surface area contributed by atoms with Crippen molar-refractivity contribution in [3.8, 4) is 11.3 Å². The summed E-state index contributed by atoms with van der Waals surface area (Å²) < 4.78 is 0. The highest BCUT2D eigenvalue weighted by Crippen LogP contribution is 2.24. The molecular weight excluding hydrogens is 308 g/mol. The minimum Gasteiger partial charge on any atom is -0.381 e. The lowest BCUT2D eigenvalue weighted by Gasteiger charge is -2.33. The zero-order valence-corrected chi connectivity index (χ0v) is 14.4. The largest absolute Gasteiger partial charge is 0.381 e. The van der Waals surface area contributed by atoms with Gasteiger partial charge in [-0.3, -0.25) is 10.00 Å². The predicted molar refractivity (Wildman–Crippen MR) is 102 cm³/mol. The molecule has 0 radical (unpaired) electrons. The zero-order valence-electron chi connectivity index (χ0n) is 14.4. The molecule has 0 bridgehead atoms. The molecule has 1 fully saturated rings. The number of aromatic nitrogens is 2. The van der Waals surface area contributed by atoms with Crippen molar-refractivity contribution in [1.29, 1.82) is 0 Å². The molecule has 1 aliphatic rings. The van der Waals surface area contributed by atoms with Gasteiger partial charge < -0.3 is 5.32 Å². The fourth-order valence-electron chi connectivity index (χ4n) is 3.61. The summed E-state index contributed by atoms with van der Waals surface area (Å²) in [5, 5.41) is 11.1. The van der Waals surface area contributed by atoms with E-state index in [4.69, 9.17) is 0 Å². The Morgan fingerprint density at radius 1 is 1.04 bits per heavy atom. The Kier molecular flexibility index (Phi) is 4.79. The molecular formula is C21H24N4. The minimum atomic E-state index is 0.503. The third-order valence-electron chi connectivity index (χ3n) is 4.82. The van der Waals surface area contributed by atoms with E-state index in [-0.39, 0.29) is 0 Å². The normalized spacial score (nSPS) is 18.2. The number of likely N-dealkylation sites (tertiary alicyclic amines) is 1. The van der Waals surface area contributed by atoms with E-state index in [1.165, 1.54) is 29.7 Å². The van der Waals surface area contributed by atoms with E-state index in [1.54, 1.807) is 0 Å². The fraction of sp³-hybridized carbons (Fsp3) is 0.286. The van der Waals surface area contributed by atoms with Gasteiger partial charge in [0.15, 0.2) is 0 Å². The molecule has 4 heteroatoms. The van der Waals surface area contributed by atoms with Crippen molar-refractivity contribution >= 4 is 5.69 Å². The van der Waals surface area contributed by atoms with Crippen LogP contribution in [0.5, 0.6) is 0 Å². The van der Waals surface area contributed by atoms with Crippen molar-refractivity contribution in [3.63, 3.8) is 0 Å². The van der Waals surface area contributed by atoms with E-state index in [0.29, 0.717) is 6.04 Å². The second-order valence-corrected chi connectivity index (χ2v) is 6.72. The molecule has 0 spiro atoms. The van der Waals surface area contributed by atoms with Gasteiger partial charge in [-0.05, 0) is 37.1 Å². The maximum absolute atomic E-state index is 4.28. The first kappa shape index (κ1) is 15.9. The molecule has 1 saturated heterocycles. The second kappa shape index (κ2) is 7.53. The highest BCUT2D eigenvalue weighted by molar-refractivity contribution is 5.62. The lowest BCUT2D eigenvalue weighted by Crippen LogP contribution is -2.41. The number of nitrogens with zero attached hydrogens (tertiary/aromatic N) is 2. The van der Waals surface area contributed by atoms with E-state index in [0.717, 1.165) is 25.3 Å². The van der Waals surface area contributed by atoms with Crippen LogP contribution in [0.1, 0.15) is 18.4 Å². The van der Waals surface area contributed by atoms with E-state index in [2.05, 4.69) is 75.0 Å². The molecule has 2 N–H and O–H groups in total. The molecule has 4 nitrogen and oxygen atoms in total. The van der Waals surface area contributed by atoms with Gasteiger partial charge in [0, 0.05) is 30.4 Å². The summed E-state index contributed by atoms with van der Waals surface area (Å²) in [5.41, 5.74) is 4.82. The highest BCUT2D eigenvalue weighted by atomic mass is 15.2. The Hall–Kier alpha value is -2.59. The van der Waals surface area contributed by atoms with E-state index < -0.39 is 0 Å². The highest BCUT2D eigenvalue weighted by Gasteiger charge is 2.21. The standard InChI is InChI=1S/C21H24N4/c1-3-8-17(9-4-1)21-18(14-22-24-21)15-25-13-7-12-20(16-25)23-19-10-5-2-6-11-19/h1-6,8-11,14,20,23H,7,12-13,15-16H2,(H,22,24)/t20-/m0/s1. The number of aromatic amines is 1. The summed E-state index contributed by atoms with van der Waals surface area (Å²) in [6.07, 6.45) is 4.42. The molecule has 2 aromatic carbocycles. The first-order chi connectivity index (χ1) is 12.4. The number of H-pyrrole nitrogens is 1. The van der Waals surface area contributed by atoms with E-state index in [9.17, 15) is 0 Å².